The standard InChI is InChI=1S/C11H17NO4/c1-11(2)6-8-5-7(9(13)14)3-4-12(8)10(15)16-11/h7-8H,3-6H2,1-2H3,(H,13,14). The molecule has 0 spiro atoms. The zero-order valence-electron chi connectivity index (χ0n) is 9.60. The largest absolute Gasteiger partial charge is 0.481 e. The SMILES string of the molecule is CC1(C)CC2CC(C(=O)O)CCN2C(=O)O1. The molecule has 5 nitrogen and oxygen atoms in total. The Balaban J connectivity index is 2.11. The molecule has 0 radical (unpaired) electrons. The first-order valence-electron chi connectivity index (χ1n) is 5.61. The molecule has 0 saturated carbocycles. The Morgan fingerprint density at radius 3 is 2.88 bits per heavy atom. The Bertz CT molecular complexity index is 326. The minimum Gasteiger partial charge on any atom is -0.481 e. The number of hydrogen-bond donors (Lipinski definition) is 1. The van der Waals surface area contributed by atoms with E-state index in [0.717, 1.165) is 0 Å². The summed E-state index contributed by atoms with van der Waals surface area (Å²) in [5, 5.41) is 8.99. The molecule has 2 unspecified atom stereocenters. The first kappa shape index (κ1) is 11.2. The van der Waals surface area contributed by atoms with Crippen molar-refractivity contribution in [1.29, 1.82) is 0 Å². The molecule has 0 aromatic carbocycles. The van der Waals surface area contributed by atoms with Crippen molar-refractivity contribution in [2.24, 2.45) is 5.92 Å². The first-order valence-corrected chi connectivity index (χ1v) is 5.61. The van der Waals surface area contributed by atoms with Crippen LogP contribution in [-0.2, 0) is 9.53 Å². The molecule has 2 rings (SSSR count). The number of piperidine rings is 1. The van der Waals surface area contributed by atoms with Crippen molar-refractivity contribution in [1.82, 2.24) is 4.90 Å². The average Bonchev–Trinajstić information content (AvgIpc) is 2.14. The van der Waals surface area contributed by atoms with Crippen molar-refractivity contribution in [3.05, 3.63) is 0 Å². The minimum absolute atomic E-state index is 0.0195. The highest BCUT2D eigenvalue weighted by Crippen LogP contribution is 2.34. The van der Waals surface area contributed by atoms with Gasteiger partial charge in [0.15, 0.2) is 0 Å². The summed E-state index contributed by atoms with van der Waals surface area (Å²) in [5.41, 5.74) is -0.474. The van der Waals surface area contributed by atoms with Crippen molar-refractivity contribution >= 4 is 12.1 Å². The summed E-state index contributed by atoms with van der Waals surface area (Å²) in [5.74, 6) is -1.07. The lowest BCUT2D eigenvalue weighted by molar-refractivity contribution is -0.145. The molecule has 0 aromatic rings. The van der Waals surface area contributed by atoms with Crippen LogP contribution in [0.15, 0.2) is 0 Å². The van der Waals surface area contributed by atoms with Gasteiger partial charge >= 0.3 is 12.1 Å². The molecule has 2 saturated heterocycles. The average molecular weight is 227 g/mol. The van der Waals surface area contributed by atoms with E-state index in [1.54, 1.807) is 4.90 Å². The number of rotatable bonds is 1. The number of nitrogens with zero attached hydrogens (tertiary/aromatic N) is 1. The third kappa shape index (κ3) is 1.99. The number of amides is 1. The molecule has 90 valence electrons. The van der Waals surface area contributed by atoms with E-state index in [9.17, 15) is 9.59 Å². The van der Waals surface area contributed by atoms with Crippen LogP contribution in [0.25, 0.3) is 0 Å². The molecule has 2 aliphatic rings. The number of hydrogen-bond acceptors (Lipinski definition) is 3. The van der Waals surface area contributed by atoms with E-state index in [-0.39, 0.29) is 18.1 Å². The minimum atomic E-state index is -0.753. The molecule has 0 aromatic heterocycles. The number of carboxylic acids is 1. The highest BCUT2D eigenvalue weighted by Gasteiger charge is 2.44. The Hall–Kier alpha value is -1.26. The van der Waals surface area contributed by atoms with Crippen LogP contribution in [0.1, 0.15) is 33.1 Å². The highest BCUT2D eigenvalue weighted by molar-refractivity contribution is 5.73. The van der Waals surface area contributed by atoms with E-state index in [1.807, 2.05) is 13.8 Å². The molecule has 1 amide bonds. The number of carbonyl (C=O) groups is 2. The van der Waals surface area contributed by atoms with Gasteiger partial charge in [-0.15, -0.1) is 0 Å². The molecule has 5 heteroatoms. The zero-order chi connectivity index (χ0) is 11.9. The fourth-order valence-corrected chi connectivity index (χ4v) is 2.61. The summed E-state index contributed by atoms with van der Waals surface area (Å²) in [6, 6.07) is 0.0195. The Morgan fingerprint density at radius 2 is 2.25 bits per heavy atom. The van der Waals surface area contributed by atoms with Gasteiger partial charge in [0.1, 0.15) is 5.60 Å². The van der Waals surface area contributed by atoms with E-state index in [4.69, 9.17) is 9.84 Å². The van der Waals surface area contributed by atoms with Crippen LogP contribution in [0.2, 0.25) is 0 Å². The lowest BCUT2D eigenvalue weighted by Crippen LogP contribution is -2.56. The summed E-state index contributed by atoms with van der Waals surface area (Å²) >= 11 is 0. The van der Waals surface area contributed by atoms with Gasteiger partial charge in [-0.05, 0) is 26.7 Å². The van der Waals surface area contributed by atoms with Gasteiger partial charge in [0, 0.05) is 19.0 Å². The van der Waals surface area contributed by atoms with Crippen LogP contribution in [0, 0.1) is 5.92 Å². The second-order valence-electron chi connectivity index (χ2n) is 5.24. The maximum absolute atomic E-state index is 11.7. The monoisotopic (exact) mass is 227 g/mol. The summed E-state index contributed by atoms with van der Waals surface area (Å²) < 4.78 is 5.28. The number of carboxylic acid groups (broad SMARTS) is 1. The van der Waals surface area contributed by atoms with Crippen molar-refractivity contribution in [3.8, 4) is 0 Å². The fraction of sp³-hybridized carbons (Fsp3) is 0.818. The lowest BCUT2D eigenvalue weighted by atomic mass is 9.84. The third-order valence-electron chi connectivity index (χ3n) is 3.39. The van der Waals surface area contributed by atoms with Gasteiger partial charge in [0.2, 0.25) is 0 Å². The Labute approximate surface area is 94.4 Å². The van der Waals surface area contributed by atoms with Gasteiger partial charge in [-0.1, -0.05) is 0 Å². The molecule has 1 N–H and O–H groups in total. The smallest absolute Gasteiger partial charge is 0.410 e. The third-order valence-corrected chi connectivity index (χ3v) is 3.39. The van der Waals surface area contributed by atoms with Gasteiger partial charge in [-0.2, -0.15) is 0 Å². The van der Waals surface area contributed by atoms with Gasteiger partial charge in [-0.25, -0.2) is 4.79 Å². The molecule has 2 heterocycles. The second kappa shape index (κ2) is 3.64. The number of carbonyl (C=O) groups excluding carboxylic acids is 1. The number of aliphatic carboxylic acids is 1. The quantitative estimate of drug-likeness (QED) is 0.736. The van der Waals surface area contributed by atoms with Crippen LogP contribution >= 0.6 is 0 Å². The number of cyclic esters (lactones) is 1. The summed E-state index contributed by atoms with van der Waals surface area (Å²) in [6.45, 7) is 4.23. The predicted octanol–water partition coefficient (Wildman–Crippen LogP) is 1.47. The summed E-state index contributed by atoms with van der Waals surface area (Å²) in [7, 11) is 0. The number of ether oxygens (including phenoxy) is 1. The molecular weight excluding hydrogens is 210 g/mol. The second-order valence-corrected chi connectivity index (χ2v) is 5.24. The molecule has 2 fully saturated rings. The van der Waals surface area contributed by atoms with Crippen LogP contribution in [0.3, 0.4) is 0 Å². The first-order chi connectivity index (χ1) is 7.39. The predicted molar refractivity (Wildman–Crippen MR) is 56.0 cm³/mol. The van der Waals surface area contributed by atoms with Gasteiger partial charge in [0.25, 0.3) is 0 Å². The van der Waals surface area contributed by atoms with Gasteiger partial charge in [-0.3, -0.25) is 4.79 Å². The van der Waals surface area contributed by atoms with Gasteiger partial charge in [0.05, 0.1) is 5.92 Å². The van der Waals surface area contributed by atoms with Crippen LogP contribution < -0.4 is 0 Å². The highest BCUT2D eigenvalue weighted by atomic mass is 16.6. The normalized spacial score (nSPS) is 32.9. The fourth-order valence-electron chi connectivity index (χ4n) is 2.61. The topological polar surface area (TPSA) is 66.8 Å². The van der Waals surface area contributed by atoms with Crippen LogP contribution in [0.5, 0.6) is 0 Å². The van der Waals surface area contributed by atoms with Crippen LogP contribution in [0.4, 0.5) is 4.79 Å². The molecule has 0 aliphatic carbocycles. The van der Waals surface area contributed by atoms with Crippen molar-refractivity contribution in [2.45, 2.75) is 44.8 Å². The van der Waals surface area contributed by atoms with Crippen LogP contribution in [-0.4, -0.2) is 40.3 Å². The zero-order valence-corrected chi connectivity index (χ0v) is 9.60. The molecule has 2 aliphatic heterocycles. The van der Waals surface area contributed by atoms with E-state index < -0.39 is 11.6 Å². The molecule has 2 atom stereocenters. The summed E-state index contributed by atoms with van der Waals surface area (Å²) in [6.07, 6.45) is 1.49. The maximum Gasteiger partial charge on any atom is 0.410 e. The van der Waals surface area contributed by atoms with Crippen molar-refractivity contribution in [2.75, 3.05) is 6.54 Å². The van der Waals surface area contributed by atoms with Crippen molar-refractivity contribution < 1.29 is 19.4 Å². The van der Waals surface area contributed by atoms with E-state index in [2.05, 4.69) is 0 Å². The van der Waals surface area contributed by atoms with Crippen molar-refractivity contribution in [3.63, 3.8) is 0 Å². The van der Waals surface area contributed by atoms with E-state index >= 15 is 0 Å². The number of fused-ring (bicyclic) bond motifs is 1. The van der Waals surface area contributed by atoms with Gasteiger partial charge < -0.3 is 14.7 Å². The Kier molecular flexibility index (Phi) is 2.56. The van der Waals surface area contributed by atoms with E-state index in [1.165, 1.54) is 0 Å². The summed E-state index contributed by atoms with van der Waals surface area (Å²) in [4.78, 5) is 24.3. The molecule has 0 bridgehead atoms. The van der Waals surface area contributed by atoms with E-state index in [0.29, 0.717) is 25.8 Å². The Morgan fingerprint density at radius 1 is 1.56 bits per heavy atom. The lowest BCUT2D eigenvalue weighted by Gasteiger charge is -2.46. The maximum atomic E-state index is 11.7. The molecule has 16 heavy (non-hydrogen) atoms. The molecular formula is C11H17NO4.